The normalized spacial score (nSPS) is 20.9. The molecule has 2 aliphatic heterocycles. The number of aromatic nitrogens is 2. The summed E-state index contributed by atoms with van der Waals surface area (Å²) < 4.78 is 7.92. The van der Waals surface area contributed by atoms with Crippen LogP contribution >= 0.6 is 0 Å². The number of carbonyl (C=O) groups is 1. The van der Waals surface area contributed by atoms with Crippen molar-refractivity contribution < 1.29 is 9.53 Å². The zero-order valence-electron chi connectivity index (χ0n) is 16.6. The molecule has 6 heteroatoms. The van der Waals surface area contributed by atoms with Crippen LogP contribution in [0.5, 0.6) is 0 Å². The number of benzene rings is 1. The summed E-state index contributed by atoms with van der Waals surface area (Å²) in [7, 11) is 0. The quantitative estimate of drug-likeness (QED) is 0.878. The highest BCUT2D eigenvalue weighted by molar-refractivity contribution is 5.74. The van der Waals surface area contributed by atoms with Gasteiger partial charge in [-0.3, -0.25) is 0 Å². The van der Waals surface area contributed by atoms with Crippen molar-refractivity contribution in [2.75, 3.05) is 26.3 Å². The van der Waals surface area contributed by atoms with Crippen LogP contribution in [0.15, 0.2) is 36.5 Å². The Morgan fingerprint density at radius 2 is 2.00 bits per heavy atom. The maximum Gasteiger partial charge on any atom is 0.317 e. The third-order valence-corrected chi connectivity index (χ3v) is 5.93. The summed E-state index contributed by atoms with van der Waals surface area (Å²) in [4.78, 5) is 19.4. The fourth-order valence-corrected chi connectivity index (χ4v) is 4.43. The van der Waals surface area contributed by atoms with Gasteiger partial charge in [0.25, 0.3) is 0 Å². The number of urea groups is 1. The van der Waals surface area contributed by atoms with Gasteiger partial charge in [0.1, 0.15) is 5.82 Å². The zero-order valence-corrected chi connectivity index (χ0v) is 16.6. The molecule has 2 amide bonds. The number of nitrogens with zero attached hydrogens (tertiary/aromatic N) is 3. The molecule has 3 heterocycles. The topological polar surface area (TPSA) is 59.4 Å². The van der Waals surface area contributed by atoms with Crippen LogP contribution in [0.4, 0.5) is 4.79 Å². The largest absolute Gasteiger partial charge is 0.381 e. The van der Waals surface area contributed by atoms with Crippen molar-refractivity contribution in [3.63, 3.8) is 0 Å². The second-order valence-electron chi connectivity index (χ2n) is 7.90. The SMILES string of the molecule is Cc1cnc(C2CCOCC2)n1C1CCCN(C(=O)NCc2ccccc2)C1. The molecular formula is C22H30N4O2. The van der Waals surface area contributed by atoms with Crippen molar-refractivity contribution in [1.82, 2.24) is 19.8 Å². The molecule has 6 nitrogen and oxygen atoms in total. The van der Waals surface area contributed by atoms with E-state index in [-0.39, 0.29) is 6.03 Å². The van der Waals surface area contributed by atoms with Crippen molar-refractivity contribution in [2.24, 2.45) is 0 Å². The molecule has 150 valence electrons. The molecule has 0 aliphatic carbocycles. The molecule has 0 radical (unpaired) electrons. The number of likely N-dealkylation sites (tertiary alicyclic amines) is 1. The maximum atomic E-state index is 12.7. The molecule has 0 spiro atoms. The highest BCUT2D eigenvalue weighted by atomic mass is 16.5. The van der Waals surface area contributed by atoms with Crippen molar-refractivity contribution >= 4 is 6.03 Å². The van der Waals surface area contributed by atoms with Gasteiger partial charge in [-0.05, 0) is 38.2 Å². The number of amides is 2. The van der Waals surface area contributed by atoms with Gasteiger partial charge in [0, 0.05) is 50.7 Å². The molecule has 0 bridgehead atoms. The van der Waals surface area contributed by atoms with E-state index in [1.165, 1.54) is 11.5 Å². The highest BCUT2D eigenvalue weighted by Crippen LogP contribution is 2.32. The average molecular weight is 383 g/mol. The Hall–Kier alpha value is -2.34. The fourth-order valence-electron chi connectivity index (χ4n) is 4.43. The standard InChI is InChI=1S/C22H30N4O2/c1-17-14-23-21(19-9-12-28-13-10-19)26(17)20-8-5-11-25(16-20)22(27)24-15-18-6-3-2-4-7-18/h2-4,6-7,14,19-20H,5,8-13,15-16H2,1H3,(H,24,27). The first-order chi connectivity index (χ1) is 13.7. The number of imidazole rings is 1. The van der Waals surface area contributed by atoms with Crippen molar-refractivity contribution in [3.05, 3.63) is 53.6 Å². The van der Waals surface area contributed by atoms with E-state index < -0.39 is 0 Å². The summed E-state index contributed by atoms with van der Waals surface area (Å²) in [5.41, 5.74) is 2.31. The Morgan fingerprint density at radius 1 is 1.21 bits per heavy atom. The predicted octanol–water partition coefficient (Wildman–Crippen LogP) is 3.63. The lowest BCUT2D eigenvalue weighted by Gasteiger charge is -2.36. The Balaban J connectivity index is 1.42. The van der Waals surface area contributed by atoms with Gasteiger partial charge in [-0.1, -0.05) is 30.3 Å². The van der Waals surface area contributed by atoms with Crippen molar-refractivity contribution in [3.8, 4) is 0 Å². The van der Waals surface area contributed by atoms with Gasteiger partial charge in [0.2, 0.25) is 0 Å². The van der Waals surface area contributed by atoms with Crippen LogP contribution in [-0.2, 0) is 11.3 Å². The van der Waals surface area contributed by atoms with Crippen LogP contribution < -0.4 is 5.32 Å². The lowest BCUT2D eigenvalue weighted by atomic mass is 9.98. The number of rotatable bonds is 4. The highest BCUT2D eigenvalue weighted by Gasteiger charge is 2.29. The van der Waals surface area contributed by atoms with E-state index >= 15 is 0 Å². The first kappa shape index (κ1) is 19.0. The van der Waals surface area contributed by atoms with E-state index in [0.29, 0.717) is 18.5 Å². The third-order valence-electron chi connectivity index (χ3n) is 5.93. The smallest absolute Gasteiger partial charge is 0.317 e. The minimum Gasteiger partial charge on any atom is -0.381 e. The molecule has 1 unspecified atom stereocenters. The Bertz CT molecular complexity index is 783. The second-order valence-corrected chi connectivity index (χ2v) is 7.90. The van der Waals surface area contributed by atoms with E-state index in [1.807, 2.05) is 41.4 Å². The summed E-state index contributed by atoms with van der Waals surface area (Å²) >= 11 is 0. The lowest BCUT2D eigenvalue weighted by Crippen LogP contribution is -2.46. The van der Waals surface area contributed by atoms with E-state index in [4.69, 9.17) is 9.72 Å². The molecule has 0 saturated carbocycles. The monoisotopic (exact) mass is 382 g/mol. The van der Waals surface area contributed by atoms with Crippen LogP contribution in [0.3, 0.4) is 0 Å². The molecule has 2 fully saturated rings. The minimum atomic E-state index is 0.0268. The molecule has 1 aromatic heterocycles. The first-order valence-corrected chi connectivity index (χ1v) is 10.4. The number of hydrogen-bond donors (Lipinski definition) is 1. The molecule has 1 N–H and O–H groups in total. The number of piperidine rings is 1. The number of ether oxygens (including phenoxy) is 1. The van der Waals surface area contributed by atoms with Crippen LogP contribution in [0.1, 0.15) is 54.7 Å². The molecule has 28 heavy (non-hydrogen) atoms. The van der Waals surface area contributed by atoms with Gasteiger partial charge < -0.3 is 19.5 Å². The molecule has 4 rings (SSSR count). The second kappa shape index (κ2) is 8.78. The number of aryl methyl sites for hydroxylation is 1. The Kier molecular flexibility index (Phi) is 5.95. The van der Waals surface area contributed by atoms with Crippen LogP contribution in [0.2, 0.25) is 0 Å². The Labute approximate surface area is 166 Å². The van der Waals surface area contributed by atoms with E-state index in [1.54, 1.807) is 0 Å². The summed E-state index contributed by atoms with van der Waals surface area (Å²) in [5.74, 6) is 1.64. The van der Waals surface area contributed by atoms with Crippen LogP contribution in [-0.4, -0.2) is 46.8 Å². The van der Waals surface area contributed by atoms with E-state index in [2.05, 4.69) is 16.8 Å². The van der Waals surface area contributed by atoms with Gasteiger partial charge in [-0.25, -0.2) is 9.78 Å². The van der Waals surface area contributed by atoms with Crippen LogP contribution in [0.25, 0.3) is 0 Å². The Morgan fingerprint density at radius 3 is 2.79 bits per heavy atom. The van der Waals surface area contributed by atoms with Gasteiger partial charge >= 0.3 is 6.03 Å². The first-order valence-electron chi connectivity index (χ1n) is 10.4. The fraction of sp³-hybridized carbons (Fsp3) is 0.545. The van der Waals surface area contributed by atoms with E-state index in [0.717, 1.165) is 57.6 Å². The van der Waals surface area contributed by atoms with Gasteiger partial charge in [-0.2, -0.15) is 0 Å². The maximum absolute atomic E-state index is 12.7. The summed E-state index contributed by atoms with van der Waals surface area (Å²) in [6.07, 6.45) is 6.16. The molecule has 2 aromatic rings. The lowest BCUT2D eigenvalue weighted by molar-refractivity contribution is 0.0816. The molecule has 2 saturated heterocycles. The number of carbonyl (C=O) groups excluding carboxylic acids is 1. The number of nitrogens with one attached hydrogen (secondary N) is 1. The molecule has 1 atom stereocenters. The van der Waals surface area contributed by atoms with Gasteiger partial charge in [0.15, 0.2) is 0 Å². The minimum absolute atomic E-state index is 0.0268. The summed E-state index contributed by atoms with van der Waals surface area (Å²) in [5, 5.41) is 3.07. The summed E-state index contributed by atoms with van der Waals surface area (Å²) in [6, 6.07) is 10.4. The average Bonchev–Trinajstić information content (AvgIpc) is 3.15. The van der Waals surface area contributed by atoms with Crippen LogP contribution in [0, 0.1) is 6.92 Å². The number of hydrogen-bond acceptors (Lipinski definition) is 3. The molecular weight excluding hydrogens is 352 g/mol. The molecule has 1 aromatic carbocycles. The van der Waals surface area contributed by atoms with Gasteiger partial charge in [-0.15, -0.1) is 0 Å². The zero-order chi connectivity index (χ0) is 19.3. The third kappa shape index (κ3) is 4.22. The van der Waals surface area contributed by atoms with Gasteiger partial charge in [0.05, 0.1) is 6.04 Å². The summed E-state index contributed by atoms with van der Waals surface area (Å²) in [6.45, 7) is 5.89. The van der Waals surface area contributed by atoms with E-state index in [9.17, 15) is 4.79 Å². The van der Waals surface area contributed by atoms with Crippen molar-refractivity contribution in [2.45, 2.75) is 51.1 Å². The predicted molar refractivity (Wildman–Crippen MR) is 108 cm³/mol. The van der Waals surface area contributed by atoms with Crippen molar-refractivity contribution in [1.29, 1.82) is 0 Å². The molecule has 2 aliphatic rings.